The minimum absolute atomic E-state index is 0.346. The Labute approximate surface area is 136 Å². The predicted octanol–water partition coefficient (Wildman–Crippen LogP) is 3.08. The zero-order chi connectivity index (χ0) is 16.2. The summed E-state index contributed by atoms with van der Waals surface area (Å²) in [6.45, 7) is 8.23. The molecule has 23 heavy (non-hydrogen) atoms. The lowest BCUT2D eigenvalue weighted by Gasteiger charge is -2.32. The molecule has 0 aliphatic carbocycles. The molecule has 0 N–H and O–H groups in total. The number of hydrogen-bond acceptors (Lipinski definition) is 4. The van der Waals surface area contributed by atoms with Crippen LogP contribution in [0.15, 0.2) is 42.5 Å². The third-order valence-corrected chi connectivity index (χ3v) is 4.89. The Bertz CT molecular complexity index is 892. The van der Waals surface area contributed by atoms with Crippen LogP contribution in [0.2, 0.25) is 0 Å². The van der Waals surface area contributed by atoms with Crippen LogP contribution in [0.4, 0.5) is 0 Å². The van der Waals surface area contributed by atoms with Crippen LogP contribution in [0.25, 0.3) is 22.1 Å². The van der Waals surface area contributed by atoms with Gasteiger partial charge in [-0.3, -0.25) is 0 Å². The molecular formula is C18H19BN2O2. The number of hydrogen-bond donors (Lipinski definition) is 0. The molecule has 1 aliphatic rings. The van der Waals surface area contributed by atoms with Crippen molar-refractivity contribution in [3.05, 3.63) is 42.5 Å². The minimum atomic E-state index is -0.377. The van der Waals surface area contributed by atoms with Gasteiger partial charge in [-0.05, 0) is 57.4 Å². The van der Waals surface area contributed by atoms with Gasteiger partial charge in [0.2, 0.25) is 0 Å². The molecule has 0 bridgehead atoms. The molecule has 0 saturated carbocycles. The van der Waals surface area contributed by atoms with Crippen molar-refractivity contribution in [3.8, 4) is 0 Å². The monoisotopic (exact) mass is 306 g/mol. The molecule has 116 valence electrons. The Morgan fingerprint density at radius 1 is 0.739 bits per heavy atom. The molecule has 1 saturated heterocycles. The van der Waals surface area contributed by atoms with Crippen molar-refractivity contribution < 1.29 is 9.31 Å². The van der Waals surface area contributed by atoms with E-state index >= 15 is 0 Å². The standard InChI is InChI=1S/C18H19BN2O2/c1-17(2)18(3,4)23-19(22-17)12-9-10-15-16(11-12)21-14-8-6-5-7-13(14)20-15/h5-11H,1-4H3. The largest absolute Gasteiger partial charge is 0.494 e. The second-order valence-electron chi connectivity index (χ2n) is 7.05. The molecule has 1 aliphatic heterocycles. The molecule has 3 aromatic rings. The first-order valence-electron chi connectivity index (χ1n) is 7.88. The van der Waals surface area contributed by atoms with Crippen molar-refractivity contribution in [1.82, 2.24) is 9.97 Å². The van der Waals surface area contributed by atoms with Crippen LogP contribution < -0.4 is 5.46 Å². The van der Waals surface area contributed by atoms with Crippen LogP contribution in [0, 0.1) is 0 Å². The molecule has 0 atom stereocenters. The first kappa shape index (κ1) is 14.6. The van der Waals surface area contributed by atoms with E-state index in [0.717, 1.165) is 27.5 Å². The third kappa shape index (κ3) is 2.31. The van der Waals surface area contributed by atoms with Gasteiger partial charge in [-0.25, -0.2) is 9.97 Å². The van der Waals surface area contributed by atoms with Crippen LogP contribution >= 0.6 is 0 Å². The Kier molecular flexibility index (Phi) is 3.02. The van der Waals surface area contributed by atoms with Gasteiger partial charge >= 0.3 is 7.12 Å². The van der Waals surface area contributed by atoms with Gasteiger partial charge in [0, 0.05) is 0 Å². The highest BCUT2D eigenvalue weighted by Crippen LogP contribution is 2.36. The fraction of sp³-hybridized carbons (Fsp3) is 0.333. The Morgan fingerprint density at radius 3 is 1.87 bits per heavy atom. The summed E-state index contributed by atoms with van der Waals surface area (Å²) in [5.41, 5.74) is 3.82. The normalized spacial score (nSPS) is 19.6. The van der Waals surface area contributed by atoms with Crippen LogP contribution in [0.1, 0.15) is 27.7 Å². The van der Waals surface area contributed by atoms with Gasteiger partial charge in [0.15, 0.2) is 0 Å². The first-order chi connectivity index (χ1) is 10.9. The maximum atomic E-state index is 6.12. The quantitative estimate of drug-likeness (QED) is 0.512. The molecule has 5 heteroatoms. The lowest BCUT2D eigenvalue weighted by molar-refractivity contribution is 0.00578. The third-order valence-electron chi connectivity index (χ3n) is 4.89. The van der Waals surface area contributed by atoms with Gasteiger partial charge in [0.05, 0.1) is 33.3 Å². The summed E-state index contributed by atoms with van der Waals surface area (Å²) in [6.07, 6.45) is 0. The fourth-order valence-corrected chi connectivity index (χ4v) is 2.76. The molecule has 0 spiro atoms. The number of para-hydroxylation sites is 2. The zero-order valence-corrected chi connectivity index (χ0v) is 13.8. The van der Waals surface area contributed by atoms with Gasteiger partial charge in [-0.2, -0.15) is 0 Å². The van der Waals surface area contributed by atoms with Crippen molar-refractivity contribution in [2.45, 2.75) is 38.9 Å². The fourth-order valence-electron chi connectivity index (χ4n) is 2.76. The molecule has 0 amide bonds. The number of fused-ring (bicyclic) bond motifs is 2. The number of benzene rings is 2. The van der Waals surface area contributed by atoms with Crippen LogP contribution in [0.5, 0.6) is 0 Å². The van der Waals surface area contributed by atoms with E-state index in [1.54, 1.807) is 0 Å². The van der Waals surface area contributed by atoms with Crippen molar-refractivity contribution >= 4 is 34.6 Å². The molecule has 2 heterocycles. The predicted molar refractivity (Wildman–Crippen MR) is 92.8 cm³/mol. The highest BCUT2D eigenvalue weighted by molar-refractivity contribution is 6.62. The molecule has 0 unspecified atom stereocenters. The first-order valence-corrected chi connectivity index (χ1v) is 7.88. The van der Waals surface area contributed by atoms with Gasteiger partial charge in [-0.1, -0.05) is 18.2 Å². The van der Waals surface area contributed by atoms with Gasteiger partial charge in [-0.15, -0.1) is 0 Å². The summed E-state index contributed by atoms with van der Waals surface area (Å²) in [6, 6.07) is 13.9. The number of aromatic nitrogens is 2. The second-order valence-corrected chi connectivity index (χ2v) is 7.05. The van der Waals surface area contributed by atoms with E-state index in [-0.39, 0.29) is 18.3 Å². The van der Waals surface area contributed by atoms with E-state index in [0.29, 0.717) is 0 Å². The van der Waals surface area contributed by atoms with E-state index in [9.17, 15) is 0 Å². The lowest BCUT2D eigenvalue weighted by Crippen LogP contribution is -2.41. The average Bonchev–Trinajstić information content (AvgIpc) is 2.73. The summed E-state index contributed by atoms with van der Waals surface area (Å²) >= 11 is 0. The van der Waals surface area contributed by atoms with Gasteiger partial charge in [0.25, 0.3) is 0 Å². The summed E-state index contributed by atoms with van der Waals surface area (Å²) < 4.78 is 12.2. The second kappa shape index (κ2) is 4.76. The smallest absolute Gasteiger partial charge is 0.399 e. The van der Waals surface area contributed by atoms with Gasteiger partial charge in [0.1, 0.15) is 0 Å². The van der Waals surface area contributed by atoms with E-state index in [1.165, 1.54) is 0 Å². The van der Waals surface area contributed by atoms with Crippen molar-refractivity contribution in [3.63, 3.8) is 0 Å². The van der Waals surface area contributed by atoms with E-state index < -0.39 is 0 Å². The summed E-state index contributed by atoms with van der Waals surface area (Å²) in [5.74, 6) is 0. The zero-order valence-electron chi connectivity index (χ0n) is 13.8. The molecule has 1 fully saturated rings. The van der Waals surface area contributed by atoms with E-state index in [4.69, 9.17) is 14.3 Å². The van der Waals surface area contributed by atoms with Crippen LogP contribution in [-0.4, -0.2) is 28.3 Å². The van der Waals surface area contributed by atoms with Crippen molar-refractivity contribution in [2.75, 3.05) is 0 Å². The Balaban J connectivity index is 1.79. The van der Waals surface area contributed by atoms with E-state index in [1.807, 2.05) is 42.5 Å². The number of nitrogens with zero attached hydrogens (tertiary/aromatic N) is 2. The topological polar surface area (TPSA) is 44.2 Å². The van der Waals surface area contributed by atoms with Gasteiger partial charge < -0.3 is 9.31 Å². The molecule has 1 aromatic heterocycles. The summed E-state index contributed by atoms with van der Waals surface area (Å²) in [5, 5.41) is 0. The molecule has 4 rings (SSSR count). The SMILES string of the molecule is CC1(C)OB(c2ccc3nc4ccccc4nc3c2)OC1(C)C. The van der Waals surface area contributed by atoms with Crippen molar-refractivity contribution in [2.24, 2.45) is 0 Å². The molecule has 2 aromatic carbocycles. The van der Waals surface area contributed by atoms with E-state index in [2.05, 4.69) is 32.7 Å². The number of rotatable bonds is 1. The lowest BCUT2D eigenvalue weighted by atomic mass is 9.79. The summed E-state index contributed by atoms with van der Waals surface area (Å²) in [4.78, 5) is 9.37. The maximum Gasteiger partial charge on any atom is 0.494 e. The molecular weight excluding hydrogens is 287 g/mol. The van der Waals surface area contributed by atoms with Crippen molar-refractivity contribution in [1.29, 1.82) is 0 Å². The summed E-state index contributed by atoms with van der Waals surface area (Å²) in [7, 11) is -0.377. The van der Waals surface area contributed by atoms with Crippen LogP contribution in [-0.2, 0) is 9.31 Å². The molecule has 0 radical (unpaired) electrons. The Morgan fingerprint density at radius 2 is 1.26 bits per heavy atom. The van der Waals surface area contributed by atoms with Crippen LogP contribution in [0.3, 0.4) is 0 Å². The highest BCUT2D eigenvalue weighted by Gasteiger charge is 2.51. The minimum Gasteiger partial charge on any atom is -0.399 e. The maximum absolute atomic E-state index is 6.12. The average molecular weight is 306 g/mol. The highest BCUT2D eigenvalue weighted by atomic mass is 16.7. The Hall–Kier alpha value is -1.98. The molecule has 4 nitrogen and oxygen atoms in total.